The van der Waals surface area contributed by atoms with Crippen LogP contribution in [0.2, 0.25) is 0 Å². The van der Waals surface area contributed by atoms with Crippen LogP contribution >= 0.6 is 12.2 Å². The Labute approximate surface area is 161 Å². The van der Waals surface area contributed by atoms with Gasteiger partial charge in [-0.1, -0.05) is 19.9 Å². The summed E-state index contributed by atoms with van der Waals surface area (Å²) in [7, 11) is -3.64. The number of hydrogen-bond acceptors (Lipinski definition) is 4. The first kappa shape index (κ1) is 22.3. The highest BCUT2D eigenvalue weighted by Gasteiger charge is 2.14. The molecule has 0 spiro atoms. The van der Waals surface area contributed by atoms with E-state index in [1.807, 2.05) is 13.8 Å². The van der Waals surface area contributed by atoms with Crippen LogP contribution in [0.3, 0.4) is 0 Å². The Kier molecular flexibility index (Phi) is 8.97. The van der Waals surface area contributed by atoms with Crippen LogP contribution in [0, 0.1) is 19.8 Å². The molecule has 0 aromatic heterocycles. The molecule has 4 N–H and O–H groups in total. The van der Waals surface area contributed by atoms with Gasteiger partial charge < -0.3 is 5.32 Å². The third-order valence-electron chi connectivity index (χ3n) is 3.76. The lowest BCUT2D eigenvalue weighted by molar-refractivity contribution is -0.121. The largest absolute Gasteiger partial charge is 0.361 e. The normalized spacial score (nSPS) is 11.3. The number of nitrogens with one attached hydrogen (secondary N) is 4. The summed E-state index contributed by atoms with van der Waals surface area (Å²) in [4.78, 5) is 11.9. The minimum Gasteiger partial charge on any atom is -0.361 e. The van der Waals surface area contributed by atoms with Crippen molar-refractivity contribution in [3.05, 3.63) is 29.3 Å². The maximum atomic E-state index is 12.2. The highest BCUT2D eigenvalue weighted by atomic mass is 32.2. The third-order valence-corrected chi connectivity index (χ3v) is 5.46. The van der Waals surface area contributed by atoms with Crippen molar-refractivity contribution in [2.75, 3.05) is 13.1 Å². The molecule has 0 bridgehead atoms. The topological polar surface area (TPSA) is 99.3 Å². The molecule has 0 atom stereocenters. The van der Waals surface area contributed by atoms with Crippen LogP contribution in [-0.2, 0) is 14.8 Å². The maximum Gasteiger partial charge on any atom is 0.240 e. The van der Waals surface area contributed by atoms with Crippen molar-refractivity contribution in [2.45, 2.75) is 45.4 Å². The number of rotatable bonds is 8. The van der Waals surface area contributed by atoms with Gasteiger partial charge >= 0.3 is 0 Å². The number of amides is 1. The van der Waals surface area contributed by atoms with E-state index in [1.54, 1.807) is 18.2 Å². The first-order valence-electron chi connectivity index (χ1n) is 8.51. The third kappa shape index (κ3) is 8.11. The van der Waals surface area contributed by atoms with Gasteiger partial charge in [-0.3, -0.25) is 15.6 Å². The minimum atomic E-state index is -3.64. The van der Waals surface area contributed by atoms with Crippen LogP contribution < -0.4 is 20.9 Å². The molecular weight excluding hydrogens is 372 g/mol. The fourth-order valence-corrected chi connectivity index (χ4v) is 3.24. The predicted molar refractivity (Wildman–Crippen MR) is 107 cm³/mol. The molecule has 1 amide bonds. The molecular formula is C17H28N4O3S2. The van der Waals surface area contributed by atoms with E-state index in [4.69, 9.17) is 12.2 Å². The number of carbonyl (C=O) groups excluding carboxylic acids is 1. The Hall–Kier alpha value is -1.71. The van der Waals surface area contributed by atoms with Gasteiger partial charge in [-0.15, -0.1) is 0 Å². The van der Waals surface area contributed by atoms with Crippen molar-refractivity contribution < 1.29 is 13.2 Å². The zero-order valence-corrected chi connectivity index (χ0v) is 17.3. The van der Waals surface area contributed by atoms with Gasteiger partial charge in [0, 0.05) is 19.5 Å². The molecule has 0 aliphatic rings. The van der Waals surface area contributed by atoms with Crippen molar-refractivity contribution in [3.63, 3.8) is 0 Å². The van der Waals surface area contributed by atoms with E-state index in [0.717, 1.165) is 24.1 Å². The van der Waals surface area contributed by atoms with E-state index in [2.05, 4.69) is 34.7 Å². The molecule has 1 aromatic rings. The second-order valence-electron chi connectivity index (χ2n) is 6.51. The summed E-state index contributed by atoms with van der Waals surface area (Å²) in [5.41, 5.74) is 6.95. The number of sulfonamides is 1. The summed E-state index contributed by atoms with van der Waals surface area (Å²) in [5.74, 6) is 0.200. The predicted octanol–water partition coefficient (Wildman–Crippen LogP) is 1.51. The SMILES string of the molecule is Cc1ccc(S(=O)(=O)NCCC(=O)NNC(=S)NCCC(C)C)cc1C. The van der Waals surface area contributed by atoms with Crippen molar-refractivity contribution in [2.24, 2.45) is 5.92 Å². The Balaban J connectivity index is 2.34. The zero-order valence-electron chi connectivity index (χ0n) is 15.7. The number of hydrazine groups is 1. The average molecular weight is 401 g/mol. The second-order valence-corrected chi connectivity index (χ2v) is 8.68. The molecule has 0 unspecified atom stereocenters. The molecule has 0 aliphatic carbocycles. The van der Waals surface area contributed by atoms with E-state index in [9.17, 15) is 13.2 Å². The molecule has 0 saturated heterocycles. The number of thiocarbonyl (C=S) groups is 1. The van der Waals surface area contributed by atoms with Crippen molar-refractivity contribution >= 4 is 33.3 Å². The smallest absolute Gasteiger partial charge is 0.240 e. The Morgan fingerprint density at radius 2 is 1.81 bits per heavy atom. The van der Waals surface area contributed by atoms with Gasteiger partial charge in [0.25, 0.3) is 0 Å². The number of aryl methyl sites for hydroxylation is 2. The quantitative estimate of drug-likeness (QED) is 0.390. The van der Waals surface area contributed by atoms with Gasteiger partial charge in [-0.2, -0.15) is 0 Å². The van der Waals surface area contributed by atoms with E-state index < -0.39 is 10.0 Å². The molecule has 0 aliphatic heterocycles. The molecule has 1 rings (SSSR count). The lowest BCUT2D eigenvalue weighted by Gasteiger charge is -2.12. The molecule has 0 saturated carbocycles. The van der Waals surface area contributed by atoms with Crippen molar-refractivity contribution in [1.82, 2.24) is 20.9 Å². The van der Waals surface area contributed by atoms with Crippen LogP contribution in [0.25, 0.3) is 0 Å². The summed E-state index contributed by atoms with van der Waals surface area (Å²) in [5, 5.41) is 3.30. The highest BCUT2D eigenvalue weighted by Crippen LogP contribution is 2.14. The Bertz CT molecular complexity index is 734. The Morgan fingerprint density at radius 1 is 1.12 bits per heavy atom. The van der Waals surface area contributed by atoms with E-state index >= 15 is 0 Å². The minimum absolute atomic E-state index is 0.00366. The lowest BCUT2D eigenvalue weighted by Crippen LogP contribution is -2.47. The maximum absolute atomic E-state index is 12.2. The van der Waals surface area contributed by atoms with Crippen LogP contribution in [0.4, 0.5) is 0 Å². The van der Waals surface area contributed by atoms with Gasteiger partial charge in [0.15, 0.2) is 5.11 Å². The van der Waals surface area contributed by atoms with Crippen molar-refractivity contribution in [1.29, 1.82) is 0 Å². The first-order valence-corrected chi connectivity index (χ1v) is 10.4. The number of hydrogen-bond donors (Lipinski definition) is 4. The molecule has 1 aromatic carbocycles. The van der Waals surface area contributed by atoms with Gasteiger partial charge in [0.1, 0.15) is 0 Å². The van der Waals surface area contributed by atoms with E-state index in [0.29, 0.717) is 11.0 Å². The molecule has 146 valence electrons. The summed E-state index contributed by atoms with van der Waals surface area (Å²) in [6.45, 7) is 8.70. The summed E-state index contributed by atoms with van der Waals surface area (Å²) >= 11 is 5.03. The van der Waals surface area contributed by atoms with Crippen LogP contribution in [0.1, 0.15) is 37.8 Å². The van der Waals surface area contributed by atoms with Gasteiger partial charge in [-0.25, -0.2) is 13.1 Å². The molecule has 9 heteroatoms. The van der Waals surface area contributed by atoms with Crippen LogP contribution in [-0.4, -0.2) is 32.5 Å². The summed E-state index contributed by atoms with van der Waals surface area (Å²) < 4.78 is 26.9. The lowest BCUT2D eigenvalue weighted by atomic mass is 10.1. The standard InChI is InChI=1S/C17H28N4O3S2/c1-12(2)7-9-18-17(25)21-20-16(22)8-10-19-26(23,24)15-6-5-13(3)14(4)11-15/h5-6,11-12,19H,7-10H2,1-4H3,(H,20,22)(H2,18,21,25). The van der Waals surface area contributed by atoms with Gasteiger partial charge in [0.05, 0.1) is 4.90 Å². The van der Waals surface area contributed by atoms with Crippen LogP contribution in [0.15, 0.2) is 23.1 Å². The molecule has 0 radical (unpaired) electrons. The fraction of sp³-hybridized carbons (Fsp3) is 0.529. The highest BCUT2D eigenvalue weighted by molar-refractivity contribution is 7.89. The molecule has 7 nitrogen and oxygen atoms in total. The Morgan fingerprint density at radius 3 is 2.42 bits per heavy atom. The van der Waals surface area contributed by atoms with E-state index in [-0.39, 0.29) is 23.8 Å². The summed E-state index contributed by atoms with van der Waals surface area (Å²) in [6.07, 6.45) is 0.960. The monoisotopic (exact) mass is 400 g/mol. The first-order chi connectivity index (χ1) is 12.1. The number of benzene rings is 1. The average Bonchev–Trinajstić information content (AvgIpc) is 2.55. The molecule has 0 fully saturated rings. The van der Waals surface area contributed by atoms with Gasteiger partial charge in [-0.05, 0) is 61.7 Å². The van der Waals surface area contributed by atoms with Crippen LogP contribution in [0.5, 0.6) is 0 Å². The van der Waals surface area contributed by atoms with E-state index in [1.165, 1.54) is 0 Å². The molecule has 26 heavy (non-hydrogen) atoms. The zero-order chi connectivity index (χ0) is 19.7. The van der Waals surface area contributed by atoms with Crippen molar-refractivity contribution in [3.8, 4) is 0 Å². The second kappa shape index (κ2) is 10.4. The fourth-order valence-electron chi connectivity index (χ4n) is 1.97. The van der Waals surface area contributed by atoms with Gasteiger partial charge in [0.2, 0.25) is 15.9 Å². The molecule has 0 heterocycles. The summed E-state index contributed by atoms with van der Waals surface area (Å²) in [6, 6.07) is 4.92. The number of carbonyl (C=O) groups is 1.